The zero-order valence-corrected chi connectivity index (χ0v) is 29.4. The molecule has 7 nitrogen and oxygen atoms in total. The zero-order valence-electron chi connectivity index (χ0n) is 28.6. The van der Waals surface area contributed by atoms with Crippen molar-refractivity contribution in [3.05, 3.63) is 29.8 Å². The van der Waals surface area contributed by atoms with Crippen molar-refractivity contribution in [3.63, 3.8) is 0 Å². The summed E-state index contributed by atoms with van der Waals surface area (Å²) in [4.78, 5) is 25.6. The van der Waals surface area contributed by atoms with E-state index < -0.39 is 5.41 Å². The van der Waals surface area contributed by atoms with Crippen LogP contribution in [0.4, 0.5) is 4.79 Å². The molecule has 252 valence electrons. The highest BCUT2D eigenvalue weighted by molar-refractivity contribution is 7.98. The number of aliphatic hydroxyl groups excluding tert-OH is 2. The van der Waals surface area contributed by atoms with Crippen molar-refractivity contribution >= 4 is 23.9 Å². The fraction of sp³-hybridized carbons (Fsp3) is 0.784. The average Bonchev–Trinajstić information content (AvgIpc) is 3.38. The van der Waals surface area contributed by atoms with Gasteiger partial charge in [0.25, 0.3) is 0 Å². The number of carbonyl (C=O) groups is 2. The molecular weight excluding hydrogens is 584 g/mol. The highest BCUT2D eigenvalue weighted by atomic mass is 32.2. The van der Waals surface area contributed by atoms with Crippen LogP contribution in [0, 0.1) is 52.3 Å². The summed E-state index contributed by atoms with van der Waals surface area (Å²) in [6, 6.07) is 7.41. The van der Waals surface area contributed by atoms with Gasteiger partial charge in [-0.1, -0.05) is 46.2 Å². The minimum atomic E-state index is -0.732. The summed E-state index contributed by atoms with van der Waals surface area (Å²) in [6.07, 6.45) is 9.14. The van der Waals surface area contributed by atoms with Crippen LogP contribution < -0.4 is 10.0 Å². The maximum absolute atomic E-state index is 12.6. The van der Waals surface area contributed by atoms with E-state index in [1.54, 1.807) is 0 Å². The number of esters is 1. The van der Waals surface area contributed by atoms with Crippen molar-refractivity contribution in [2.24, 2.45) is 52.3 Å². The highest BCUT2D eigenvalue weighted by Gasteiger charge is 2.64. The van der Waals surface area contributed by atoms with Crippen LogP contribution in [0.2, 0.25) is 0 Å². The van der Waals surface area contributed by atoms with Crippen LogP contribution >= 0.6 is 11.9 Å². The summed E-state index contributed by atoms with van der Waals surface area (Å²) in [7, 11) is 1.40. The number of ether oxygens (including phenoxy) is 1. The Morgan fingerprint density at radius 2 is 1.69 bits per heavy atom. The van der Waals surface area contributed by atoms with Gasteiger partial charge in [0, 0.05) is 11.4 Å². The molecule has 4 aliphatic rings. The van der Waals surface area contributed by atoms with Crippen LogP contribution in [0.5, 0.6) is 0 Å². The summed E-state index contributed by atoms with van der Waals surface area (Å²) < 4.78 is 7.82. The third-order valence-electron chi connectivity index (χ3n) is 13.6. The van der Waals surface area contributed by atoms with Crippen LogP contribution in [0.25, 0.3) is 0 Å². The minimum Gasteiger partial charge on any atom is -0.468 e. The summed E-state index contributed by atoms with van der Waals surface area (Å²) in [5.74, 6) is 2.99. The van der Waals surface area contributed by atoms with Gasteiger partial charge in [0.15, 0.2) is 0 Å². The molecule has 4 N–H and O–H groups in total. The van der Waals surface area contributed by atoms with Gasteiger partial charge in [-0.2, -0.15) is 0 Å². The number of benzene rings is 1. The predicted octanol–water partition coefficient (Wildman–Crippen LogP) is 7.10. The molecule has 8 heteroatoms. The molecule has 4 saturated carbocycles. The summed E-state index contributed by atoms with van der Waals surface area (Å²) in [5.41, 5.74) is 0.587. The molecule has 0 heterocycles. The quantitative estimate of drug-likeness (QED) is 0.169. The van der Waals surface area contributed by atoms with Crippen molar-refractivity contribution in [1.29, 1.82) is 0 Å². The van der Waals surface area contributed by atoms with E-state index >= 15 is 0 Å². The number of urea groups is 1. The fourth-order valence-electron chi connectivity index (χ4n) is 11.0. The second kappa shape index (κ2) is 13.4. The molecule has 0 radical (unpaired) electrons. The molecule has 1 unspecified atom stereocenters. The lowest BCUT2D eigenvalue weighted by Crippen LogP contribution is -2.62. The first-order valence-electron chi connectivity index (χ1n) is 17.5. The normalized spacial score (nSPS) is 38.3. The molecule has 0 aromatic heterocycles. The lowest BCUT2D eigenvalue weighted by molar-refractivity contribution is -0.203. The van der Waals surface area contributed by atoms with Gasteiger partial charge in [-0.3, -0.25) is 9.52 Å². The van der Waals surface area contributed by atoms with E-state index in [4.69, 9.17) is 4.74 Å². The fourth-order valence-corrected chi connectivity index (χ4v) is 11.6. The average molecular weight is 643 g/mol. The van der Waals surface area contributed by atoms with Gasteiger partial charge in [-0.25, -0.2) is 4.79 Å². The van der Waals surface area contributed by atoms with Gasteiger partial charge in [0.1, 0.15) is 0 Å². The third kappa shape index (κ3) is 6.29. The molecule has 0 spiro atoms. The van der Waals surface area contributed by atoms with Crippen molar-refractivity contribution in [3.8, 4) is 0 Å². The Balaban J connectivity index is 1.14. The van der Waals surface area contributed by atoms with E-state index in [-0.39, 0.29) is 41.0 Å². The summed E-state index contributed by atoms with van der Waals surface area (Å²) >= 11 is 1.26. The number of amides is 2. The van der Waals surface area contributed by atoms with Crippen LogP contribution in [-0.4, -0.2) is 48.1 Å². The van der Waals surface area contributed by atoms with Crippen LogP contribution in [0.3, 0.4) is 0 Å². The number of rotatable bonds is 9. The number of hydrogen-bond donors (Lipinski definition) is 4. The predicted molar refractivity (Wildman–Crippen MR) is 179 cm³/mol. The second-order valence-corrected chi connectivity index (χ2v) is 16.9. The van der Waals surface area contributed by atoms with Crippen molar-refractivity contribution in [1.82, 2.24) is 10.0 Å². The van der Waals surface area contributed by atoms with E-state index in [9.17, 15) is 19.8 Å². The van der Waals surface area contributed by atoms with Gasteiger partial charge >= 0.3 is 12.0 Å². The first-order chi connectivity index (χ1) is 21.3. The molecule has 45 heavy (non-hydrogen) atoms. The van der Waals surface area contributed by atoms with E-state index in [0.717, 1.165) is 42.6 Å². The lowest BCUT2D eigenvalue weighted by Gasteiger charge is -2.64. The number of fused-ring (bicyclic) bond motifs is 5. The van der Waals surface area contributed by atoms with Crippen molar-refractivity contribution in [2.75, 3.05) is 13.7 Å². The Morgan fingerprint density at radius 3 is 2.36 bits per heavy atom. The summed E-state index contributed by atoms with van der Waals surface area (Å²) in [6.45, 7) is 13.9. The van der Waals surface area contributed by atoms with Gasteiger partial charge in [-0.05, 0) is 147 Å². The molecule has 4 aliphatic carbocycles. The minimum absolute atomic E-state index is 0.196. The molecular formula is C37H58N2O5S. The lowest BCUT2D eigenvalue weighted by atomic mass is 9.41. The zero-order chi connectivity index (χ0) is 32.7. The van der Waals surface area contributed by atoms with Gasteiger partial charge < -0.3 is 20.3 Å². The van der Waals surface area contributed by atoms with Crippen LogP contribution in [0.1, 0.15) is 105 Å². The Kier molecular flexibility index (Phi) is 10.3. The van der Waals surface area contributed by atoms with Crippen molar-refractivity contribution in [2.45, 2.75) is 122 Å². The number of nitrogens with one attached hydrogen (secondary N) is 2. The van der Waals surface area contributed by atoms with E-state index in [1.807, 2.05) is 38.1 Å². The van der Waals surface area contributed by atoms with Crippen molar-refractivity contribution < 1.29 is 24.5 Å². The Labute approximate surface area is 275 Å². The molecule has 4 fully saturated rings. The van der Waals surface area contributed by atoms with Gasteiger partial charge in [0.05, 0.1) is 24.7 Å². The third-order valence-corrected chi connectivity index (χ3v) is 14.4. The highest BCUT2D eigenvalue weighted by Crippen LogP contribution is 2.69. The number of carbonyl (C=O) groups excluding carboxylic acids is 2. The van der Waals surface area contributed by atoms with Gasteiger partial charge in [0.2, 0.25) is 0 Å². The monoisotopic (exact) mass is 642 g/mol. The molecule has 0 aliphatic heterocycles. The van der Waals surface area contributed by atoms with Gasteiger partial charge in [-0.15, -0.1) is 0 Å². The molecule has 2 amide bonds. The van der Waals surface area contributed by atoms with E-state index in [1.165, 1.54) is 44.7 Å². The molecule has 0 bridgehead atoms. The molecule has 0 saturated heterocycles. The maximum Gasteiger partial charge on any atom is 0.325 e. The largest absolute Gasteiger partial charge is 0.468 e. The molecule has 1 aromatic carbocycles. The topological polar surface area (TPSA) is 108 Å². The van der Waals surface area contributed by atoms with Crippen LogP contribution in [0.15, 0.2) is 29.2 Å². The van der Waals surface area contributed by atoms with Crippen LogP contribution in [-0.2, 0) is 14.9 Å². The molecule has 11 atom stereocenters. The first kappa shape index (κ1) is 34.6. The first-order valence-corrected chi connectivity index (χ1v) is 18.3. The number of hydrogen-bond acceptors (Lipinski definition) is 6. The number of aliphatic hydroxyl groups is 2. The van der Waals surface area contributed by atoms with E-state index in [2.05, 4.69) is 37.7 Å². The maximum atomic E-state index is 12.6. The second-order valence-electron chi connectivity index (χ2n) is 16.0. The number of methoxy groups -OCH3 is 1. The standard InChI is InChI=1S/C37H58N2O5S/c1-8-26-30-21-24(40)15-18-37(30,6)29-16-19-36(5)27(13-14-28(36)31(29)32(26)41)22(2)17-20-38-34(43)39-45-25-11-9-23(10-12-25)35(3,4)33(42)44-7/h9-12,22,24,26-32,40-41H,8,13-21H2,1-7H3,(H2,38,39,43)/t22-,24-,26-,27-,28+,29+,30?,31+,32-,36-,37-/m1/s1. The molecule has 1 aromatic rings. The Morgan fingerprint density at radius 1 is 1.02 bits per heavy atom. The summed E-state index contributed by atoms with van der Waals surface area (Å²) in [5, 5.41) is 25.6. The smallest absolute Gasteiger partial charge is 0.325 e. The SMILES string of the molecule is CC[C@@H]1C2C[C@H](O)CC[C@]2(C)[C@H]2CC[C@]3(C)[C@@H]([C@H](C)CCNC(=O)NSc4ccc(C(C)(C)C(=O)OC)cc4)CC[C@H]3[C@@H]2[C@@H]1O. The Bertz CT molecular complexity index is 1210. The Hall–Kier alpha value is -1.77. The van der Waals surface area contributed by atoms with E-state index in [0.29, 0.717) is 42.1 Å². The molecule has 5 rings (SSSR count).